The van der Waals surface area contributed by atoms with Crippen LogP contribution < -0.4 is 11.1 Å². The number of hydrogen-bond donors (Lipinski definition) is 3. The quantitative estimate of drug-likeness (QED) is 0.491. The third-order valence-electron chi connectivity index (χ3n) is 3.57. The summed E-state index contributed by atoms with van der Waals surface area (Å²) in [6, 6.07) is 0.508. The van der Waals surface area contributed by atoms with Crippen molar-refractivity contribution in [2.75, 3.05) is 13.2 Å². The molecule has 0 bridgehead atoms. The number of aliphatic hydroxyl groups is 1. The van der Waals surface area contributed by atoms with E-state index in [2.05, 4.69) is 10.3 Å². The van der Waals surface area contributed by atoms with Crippen molar-refractivity contribution in [2.45, 2.75) is 56.8 Å². The van der Waals surface area contributed by atoms with Gasteiger partial charge in [0.05, 0.1) is 25.4 Å². The predicted octanol–water partition coefficient (Wildman–Crippen LogP) is 0.373. The van der Waals surface area contributed by atoms with Gasteiger partial charge in [0.1, 0.15) is 0 Å². The Hall–Kier alpha value is -0.810. The number of nitrogens with zero attached hydrogens (tertiary/aromatic N) is 1. The lowest BCUT2D eigenvalue weighted by Gasteiger charge is -2.14. The van der Waals surface area contributed by atoms with Crippen LogP contribution in [0.25, 0.3) is 0 Å². The lowest BCUT2D eigenvalue weighted by Crippen LogP contribution is -2.39. The van der Waals surface area contributed by atoms with Crippen LogP contribution in [0.4, 0.5) is 0 Å². The Bertz CT molecular complexity index is 264. The van der Waals surface area contributed by atoms with Gasteiger partial charge >= 0.3 is 0 Å². The van der Waals surface area contributed by atoms with Crippen LogP contribution in [0.15, 0.2) is 4.99 Å². The molecule has 1 heterocycles. The third kappa shape index (κ3) is 3.85. The van der Waals surface area contributed by atoms with Gasteiger partial charge in [-0.3, -0.25) is 4.99 Å². The molecule has 2 aliphatic rings. The van der Waals surface area contributed by atoms with Gasteiger partial charge in [0, 0.05) is 6.04 Å². The number of guanidine groups is 1. The molecule has 2 fully saturated rings. The van der Waals surface area contributed by atoms with Gasteiger partial charge in [0.2, 0.25) is 0 Å². The van der Waals surface area contributed by atoms with Crippen molar-refractivity contribution in [2.24, 2.45) is 10.7 Å². The molecule has 0 unspecified atom stereocenters. The summed E-state index contributed by atoms with van der Waals surface area (Å²) in [6.45, 7) is 0.706. The van der Waals surface area contributed by atoms with E-state index in [0.29, 0.717) is 18.5 Å². The van der Waals surface area contributed by atoms with Crippen molar-refractivity contribution < 1.29 is 9.84 Å². The number of nitrogens with two attached hydrogens (primary N) is 1. The zero-order valence-corrected chi connectivity index (χ0v) is 10.3. The van der Waals surface area contributed by atoms with Gasteiger partial charge in [0.25, 0.3) is 0 Å². The van der Waals surface area contributed by atoms with E-state index < -0.39 is 0 Å². The molecule has 98 valence electrons. The average Bonchev–Trinajstić information content (AvgIpc) is 2.96. The second-order valence-electron chi connectivity index (χ2n) is 4.99. The van der Waals surface area contributed by atoms with E-state index in [1.54, 1.807) is 0 Å². The molecule has 0 spiro atoms. The standard InChI is InChI=1S/C12H23N3O2/c13-12(15-9-3-1-2-4-9)14-7-10-5-6-11(8-16)17-10/h9-11,16H,1-8H2,(H3,13,14,15)/t10-,11+/m1/s1. The number of nitrogens with one attached hydrogen (secondary N) is 1. The Kier molecular flexibility index (Phi) is 4.62. The lowest BCUT2D eigenvalue weighted by molar-refractivity contribution is 0.0160. The van der Waals surface area contributed by atoms with Crippen molar-refractivity contribution in [3.8, 4) is 0 Å². The Labute approximate surface area is 102 Å². The van der Waals surface area contributed by atoms with E-state index in [9.17, 15) is 0 Å². The van der Waals surface area contributed by atoms with Crippen molar-refractivity contribution in [1.82, 2.24) is 5.32 Å². The second-order valence-corrected chi connectivity index (χ2v) is 4.99. The molecule has 5 heteroatoms. The SMILES string of the molecule is NC(=NC[C@H]1CC[C@@H](CO)O1)NC1CCCC1. The van der Waals surface area contributed by atoms with E-state index in [4.69, 9.17) is 15.6 Å². The number of ether oxygens (including phenoxy) is 1. The first kappa shape index (κ1) is 12.6. The van der Waals surface area contributed by atoms with Crippen LogP contribution in [0, 0.1) is 0 Å². The monoisotopic (exact) mass is 241 g/mol. The minimum Gasteiger partial charge on any atom is -0.394 e. The highest BCUT2D eigenvalue weighted by atomic mass is 16.5. The molecule has 0 amide bonds. The van der Waals surface area contributed by atoms with Crippen molar-refractivity contribution >= 4 is 5.96 Å². The molecule has 1 aliphatic carbocycles. The van der Waals surface area contributed by atoms with Crippen molar-refractivity contribution in [3.63, 3.8) is 0 Å². The van der Waals surface area contributed by atoms with Gasteiger partial charge in [-0.2, -0.15) is 0 Å². The van der Waals surface area contributed by atoms with Crippen molar-refractivity contribution in [3.05, 3.63) is 0 Å². The van der Waals surface area contributed by atoms with E-state index in [0.717, 1.165) is 12.8 Å². The van der Waals surface area contributed by atoms with Gasteiger partial charge in [-0.25, -0.2) is 0 Å². The molecule has 1 aliphatic heterocycles. The summed E-state index contributed by atoms with van der Waals surface area (Å²) in [7, 11) is 0. The summed E-state index contributed by atoms with van der Waals surface area (Å²) in [6.07, 6.45) is 6.98. The molecule has 1 saturated heterocycles. The molecule has 0 radical (unpaired) electrons. The fourth-order valence-corrected chi connectivity index (χ4v) is 2.57. The second kappa shape index (κ2) is 6.21. The zero-order valence-electron chi connectivity index (χ0n) is 10.3. The molecular weight excluding hydrogens is 218 g/mol. The van der Waals surface area contributed by atoms with Crippen LogP contribution in [-0.2, 0) is 4.74 Å². The van der Waals surface area contributed by atoms with Crippen LogP contribution >= 0.6 is 0 Å². The fraction of sp³-hybridized carbons (Fsp3) is 0.917. The normalized spacial score (nSPS) is 31.0. The van der Waals surface area contributed by atoms with Gasteiger partial charge in [-0.05, 0) is 25.7 Å². The van der Waals surface area contributed by atoms with Crippen LogP contribution in [0.2, 0.25) is 0 Å². The highest BCUT2D eigenvalue weighted by molar-refractivity contribution is 5.78. The Morgan fingerprint density at radius 2 is 1.94 bits per heavy atom. The summed E-state index contributed by atoms with van der Waals surface area (Å²) in [5.41, 5.74) is 5.83. The van der Waals surface area contributed by atoms with Gasteiger partial charge < -0.3 is 20.9 Å². The molecule has 1 saturated carbocycles. The Balaban J connectivity index is 1.68. The third-order valence-corrected chi connectivity index (χ3v) is 3.57. The topological polar surface area (TPSA) is 79.9 Å². The van der Waals surface area contributed by atoms with E-state index >= 15 is 0 Å². The van der Waals surface area contributed by atoms with Gasteiger partial charge in [-0.1, -0.05) is 12.8 Å². The molecule has 17 heavy (non-hydrogen) atoms. The molecule has 0 aromatic rings. The summed E-state index contributed by atoms with van der Waals surface area (Å²) < 4.78 is 5.59. The zero-order chi connectivity index (χ0) is 12.1. The maximum atomic E-state index is 8.95. The van der Waals surface area contributed by atoms with Crippen LogP contribution in [0.1, 0.15) is 38.5 Å². The number of rotatable bonds is 4. The van der Waals surface area contributed by atoms with Gasteiger partial charge in [0.15, 0.2) is 5.96 Å². The molecular formula is C12H23N3O2. The summed E-state index contributed by atoms with van der Waals surface area (Å²) in [5.74, 6) is 0.535. The first-order valence-corrected chi connectivity index (χ1v) is 6.60. The minimum absolute atomic E-state index is 0.000726. The average molecular weight is 241 g/mol. The molecule has 4 N–H and O–H groups in total. The molecule has 5 nitrogen and oxygen atoms in total. The van der Waals surface area contributed by atoms with E-state index in [-0.39, 0.29) is 18.8 Å². The first-order valence-electron chi connectivity index (χ1n) is 6.60. The number of aliphatic imine (C=N–C) groups is 1. The maximum Gasteiger partial charge on any atom is 0.188 e. The minimum atomic E-state index is -0.000726. The largest absolute Gasteiger partial charge is 0.394 e. The highest BCUT2D eigenvalue weighted by Gasteiger charge is 2.24. The maximum absolute atomic E-state index is 8.95. The molecule has 0 aromatic carbocycles. The van der Waals surface area contributed by atoms with E-state index in [1.807, 2.05) is 0 Å². The molecule has 0 aromatic heterocycles. The van der Waals surface area contributed by atoms with Gasteiger partial charge in [-0.15, -0.1) is 0 Å². The first-order chi connectivity index (χ1) is 8.28. The molecule has 2 rings (SSSR count). The smallest absolute Gasteiger partial charge is 0.188 e. The van der Waals surface area contributed by atoms with Crippen molar-refractivity contribution in [1.29, 1.82) is 0 Å². The number of hydrogen-bond acceptors (Lipinski definition) is 3. The fourth-order valence-electron chi connectivity index (χ4n) is 2.57. The number of aliphatic hydroxyl groups excluding tert-OH is 1. The summed E-state index contributed by atoms with van der Waals surface area (Å²) in [5, 5.41) is 12.2. The van der Waals surface area contributed by atoms with Crippen LogP contribution in [0.3, 0.4) is 0 Å². The van der Waals surface area contributed by atoms with E-state index in [1.165, 1.54) is 25.7 Å². The summed E-state index contributed by atoms with van der Waals surface area (Å²) >= 11 is 0. The van der Waals surface area contributed by atoms with Crippen LogP contribution in [0.5, 0.6) is 0 Å². The highest BCUT2D eigenvalue weighted by Crippen LogP contribution is 2.19. The summed E-state index contributed by atoms with van der Waals surface area (Å²) in [4.78, 5) is 4.32. The van der Waals surface area contributed by atoms with Crippen LogP contribution in [-0.4, -0.2) is 42.5 Å². The molecule has 2 atom stereocenters. The Morgan fingerprint density at radius 1 is 1.24 bits per heavy atom. The lowest BCUT2D eigenvalue weighted by atomic mass is 10.2. The predicted molar refractivity (Wildman–Crippen MR) is 66.9 cm³/mol. The Morgan fingerprint density at radius 3 is 2.59 bits per heavy atom.